The molecule has 10 aromatic carbocycles. The molecule has 8 amide bonds. The minimum Gasteiger partial charge on any atom is -0.274 e. The van der Waals surface area contributed by atoms with E-state index in [1.165, 1.54) is 19.6 Å². The molecule has 15 nitrogen and oxygen atoms in total. The summed E-state index contributed by atoms with van der Waals surface area (Å²) < 4.78 is 0. The van der Waals surface area contributed by atoms with Crippen molar-refractivity contribution >= 4 is 145 Å². The van der Waals surface area contributed by atoms with Crippen molar-refractivity contribution in [2.45, 2.75) is 69.7 Å². The predicted octanol–water partition coefficient (Wildman–Crippen LogP) is 14.4. The number of nitrogens with zero attached hydrogens (tertiary/aromatic N) is 7. The molecule has 15 heteroatoms. The Bertz CT molecular complexity index is 4790. The summed E-state index contributed by atoms with van der Waals surface area (Å²) in [5.41, 5.74) is 4.64. The van der Waals surface area contributed by atoms with Crippen molar-refractivity contribution in [2.75, 3.05) is 26.2 Å². The fraction of sp³-hybridized carbons (Fsp3) is 0.261. The van der Waals surface area contributed by atoms with Crippen LogP contribution in [-0.4, -0.2) is 93.0 Å². The molecule has 0 atom stereocenters. The van der Waals surface area contributed by atoms with Gasteiger partial charge in [0.1, 0.15) is 0 Å². The number of imide groups is 4. The Morgan fingerprint density at radius 1 is 0.369 bits per heavy atom. The molecule has 0 bridgehead atoms. The molecule has 10 aromatic rings. The number of amides is 8. The van der Waals surface area contributed by atoms with Crippen molar-refractivity contribution < 1.29 is 38.4 Å². The number of hydrogen-bond donors (Lipinski definition) is 0. The molecule has 0 N–H and O–H groups in total. The molecule has 4 aliphatic rings. The lowest BCUT2D eigenvalue weighted by atomic mass is 9.80. The van der Waals surface area contributed by atoms with E-state index in [4.69, 9.17) is 13.1 Å². The van der Waals surface area contributed by atoms with Crippen molar-refractivity contribution in [3.8, 4) is 6.07 Å². The van der Waals surface area contributed by atoms with Gasteiger partial charge in [0, 0.05) is 92.1 Å². The smallest absolute Gasteiger partial charge is 0.261 e. The van der Waals surface area contributed by atoms with E-state index < -0.39 is 23.6 Å². The number of rotatable bonds is 8. The number of nitriles is 1. The molecule has 4 heterocycles. The minimum absolute atomic E-state index is 0. The summed E-state index contributed by atoms with van der Waals surface area (Å²) in [5, 5.41) is 20.3. The van der Waals surface area contributed by atoms with Gasteiger partial charge in [-0.2, -0.15) is 5.26 Å². The normalized spacial score (nSPS) is 14.8. The minimum atomic E-state index is -0.454. The summed E-state index contributed by atoms with van der Waals surface area (Å²) in [4.78, 5) is 122. The number of benzene rings is 10. The zero-order valence-electron chi connectivity index (χ0n) is 47.0. The zero-order valence-corrected chi connectivity index (χ0v) is 47.0. The summed E-state index contributed by atoms with van der Waals surface area (Å²) in [6.45, 7) is 34.8. The van der Waals surface area contributed by atoms with Crippen LogP contribution < -0.4 is 0 Å². The average Bonchev–Trinajstić information content (AvgIpc) is 0.989. The van der Waals surface area contributed by atoms with Crippen LogP contribution in [0.5, 0.6) is 0 Å². The Kier molecular flexibility index (Phi) is 12.3. The van der Waals surface area contributed by atoms with Gasteiger partial charge in [0.2, 0.25) is 0 Å². The van der Waals surface area contributed by atoms with Crippen LogP contribution in [0.25, 0.3) is 95.9 Å². The van der Waals surface area contributed by atoms with Gasteiger partial charge in [0.05, 0.1) is 30.3 Å². The molecule has 0 spiro atoms. The van der Waals surface area contributed by atoms with Gasteiger partial charge in [0.25, 0.3) is 47.3 Å². The quantitative estimate of drug-likeness (QED) is 0.0619. The van der Waals surface area contributed by atoms with E-state index in [9.17, 15) is 43.6 Å². The lowest BCUT2D eigenvalue weighted by Gasteiger charge is -2.31. The molecule has 4 aliphatic heterocycles. The molecular formula is C69H55N7O8. The van der Waals surface area contributed by atoms with Gasteiger partial charge < -0.3 is 0 Å². The molecule has 0 fully saturated rings. The SMILES string of the molecule is C.[C-]#[N+]c1cc2c3c(ccc4c5c(C#N)cc6c7c(ccc(c1c34)c75)C(=O)N(CC(C)C)C6=O)C(=O)N(CC(C)C)C2=O.[C-]#[N+]c1cc2c3c(ccc4c5c(C)cc6c7c(ccc(c1c34)c75)C(=O)N(CC(C)C)C6=O)C(=O)N(CC(C)C)C2=O. The van der Waals surface area contributed by atoms with Crippen LogP contribution in [0.3, 0.4) is 0 Å². The first-order chi connectivity index (χ1) is 39.6. The first-order valence-electron chi connectivity index (χ1n) is 27.8. The third-order valence-electron chi connectivity index (χ3n) is 16.7. The highest BCUT2D eigenvalue weighted by molar-refractivity contribution is 6.45. The highest BCUT2D eigenvalue weighted by atomic mass is 16.2. The second kappa shape index (κ2) is 18.9. The molecule has 0 aromatic heterocycles. The van der Waals surface area contributed by atoms with Crippen molar-refractivity contribution in [1.29, 1.82) is 5.26 Å². The fourth-order valence-electron chi connectivity index (χ4n) is 13.7. The van der Waals surface area contributed by atoms with Crippen LogP contribution in [-0.2, 0) is 0 Å². The summed E-state index contributed by atoms with van der Waals surface area (Å²) in [7, 11) is 0. The lowest BCUT2D eigenvalue weighted by molar-refractivity contribution is 0.0577. The van der Waals surface area contributed by atoms with Gasteiger partial charge >= 0.3 is 0 Å². The largest absolute Gasteiger partial charge is 0.274 e. The third-order valence-corrected chi connectivity index (χ3v) is 16.7. The van der Waals surface area contributed by atoms with E-state index in [0.29, 0.717) is 110 Å². The van der Waals surface area contributed by atoms with Crippen molar-refractivity contribution in [2.24, 2.45) is 23.7 Å². The van der Waals surface area contributed by atoms with Crippen LogP contribution in [0, 0.1) is 55.1 Å². The first kappa shape index (κ1) is 54.4. The Labute approximate surface area is 482 Å². The molecule has 0 radical (unpaired) electrons. The summed E-state index contributed by atoms with van der Waals surface area (Å²) >= 11 is 0. The van der Waals surface area contributed by atoms with Crippen molar-refractivity contribution in [3.05, 3.63) is 151 Å². The van der Waals surface area contributed by atoms with Crippen LogP contribution in [0.2, 0.25) is 0 Å². The van der Waals surface area contributed by atoms with Gasteiger partial charge in [-0.05, 0) is 144 Å². The number of aryl methyl sites for hydroxylation is 1. The van der Waals surface area contributed by atoms with Crippen molar-refractivity contribution in [1.82, 2.24) is 19.6 Å². The number of carbonyl (C=O) groups excluding carboxylic acids is 8. The average molecular weight is 1110 g/mol. The highest BCUT2D eigenvalue weighted by Gasteiger charge is 2.41. The lowest BCUT2D eigenvalue weighted by Crippen LogP contribution is -2.42. The molecule has 14 rings (SSSR count). The van der Waals surface area contributed by atoms with E-state index >= 15 is 0 Å². The molecule has 414 valence electrons. The third kappa shape index (κ3) is 7.19. The van der Waals surface area contributed by atoms with E-state index in [0.717, 1.165) is 27.1 Å². The Morgan fingerprint density at radius 3 is 0.940 bits per heavy atom. The van der Waals surface area contributed by atoms with E-state index in [-0.39, 0.29) is 96.7 Å². The van der Waals surface area contributed by atoms with Gasteiger partial charge in [0.15, 0.2) is 11.4 Å². The molecule has 0 saturated heterocycles. The number of hydrogen-bond acceptors (Lipinski definition) is 9. The number of fused-ring (bicyclic) bond motifs is 4. The highest BCUT2D eigenvalue weighted by Crippen LogP contribution is 2.53. The standard InChI is InChI=1S/C34H24N4O4.C34H27N3O4.CH4/c1-15(2)13-37-31(39)20-9-7-19-28-24(36-5)11-23-27-21(32(40)38(34(23)42)14-16(3)4)8-6-18(30(27)28)25-17(12-35)10-22(33(37)41)26(20)29(19)25;1-15(2)13-36-31(38)20-10-8-19-28-24(35-6)12-23-27-21(32(39)37(34(23)41)14-16(3)4)9-7-18(30(27)28)25-17(5)11-22(33(36)40)26(20)29(19)25;/h6-11,15-16H,13-14H2,1-4H3;7-12,15-16H,13-14H2,1-5H3;1H4. The number of carbonyl (C=O) groups is 8. The second-order valence-electron chi connectivity index (χ2n) is 24.0. The van der Waals surface area contributed by atoms with Crippen LogP contribution in [0.15, 0.2) is 72.8 Å². The zero-order chi connectivity index (χ0) is 58.8. The molecular weight excluding hydrogens is 1050 g/mol. The summed E-state index contributed by atoms with van der Waals surface area (Å²) in [6.07, 6.45) is 0. The van der Waals surface area contributed by atoms with Crippen LogP contribution in [0.4, 0.5) is 11.4 Å². The van der Waals surface area contributed by atoms with Gasteiger partial charge in [-0.1, -0.05) is 87.1 Å². The molecule has 0 unspecified atom stereocenters. The van der Waals surface area contributed by atoms with E-state index in [2.05, 4.69) is 15.8 Å². The molecule has 84 heavy (non-hydrogen) atoms. The van der Waals surface area contributed by atoms with Crippen molar-refractivity contribution in [3.63, 3.8) is 0 Å². The van der Waals surface area contributed by atoms with Gasteiger partial charge in [-0.15, -0.1) is 0 Å². The maximum absolute atomic E-state index is 13.7. The maximum atomic E-state index is 13.7. The Balaban J connectivity index is 0.000000163. The van der Waals surface area contributed by atoms with Gasteiger partial charge in [-0.3, -0.25) is 58.0 Å². The monoisotopic (exact) mass is 1110 g/mol. The molecule has 0 saturated carbocycles. The van der Waals surface area contributed by atoms with Gasteiger partial charge in [-0.25, -0.2) is 9.69 Å². The van der Waals surface area contributed by atoms with Crippen LogP contribution in [0.1, 0.15) is 157 Å². The summed E-state index contributed by atoms with van der Waals surface area (Å²) in [5.74, 6) is -2.74. The molecule has 0 aliphatic carbocycles. The predicted molar refractivity (Wildman–Crippen MR) is 325 cm³/mol. The first-order valence-corrected chi connectivity index (χ1v) is 27.8. The van der Waals surface area contributed by atoms with E-state index in [1.807, 2.05) is 80.5 Å². The Hall–Kier alpha value is -10.2. The fourth-order valence-corrected chi connectivity index (χ4v) is 13.7. The van der Waals surface area contributed by atoms with Crippen LogP contribution >= 0.6 is 0 Å². The maximum Gasteiger partial charge on any atom is 0.261 e. The Morgan fingerprint density at radius 2 is 0.631 bits per heavy atom. The summed E-state index contributed by atoms with van der Waals surface area (Å²) in [6, 6.07) is 22.9. The van der Waals surface area contributed by atoms with E-state index in [1.54, 1.807) is 54.6 Å². The second-order valence-corrected chi connectivity index (χ2v) is 24.0. The topological polar surface area (TPSA) is 182 Å².